The van der Waals surface area contributed by atoms with Gasteiger partial charge in [-0.1, -0.05) is 75.8 Å². The van der Waals surface area contributed by atoms with Gasteiger partial charge in [-0.3, -0.25) is 9.63 Å². The number of amides is 1. The average Bonchev–Trinajstić information content (AvgIpc) is 2.94. The molecule has 2 aromatic carbocycles. The van der Waals surface area contributed by atoms with E-state index in [9.17, 15) is 23.1 Å². The lowest BCUT2D eigenvalue weighted by Crippen LogP contribution is -2.42. The highest BCUT2D eigenvalue weighted by Crippen LogP contribution is 2.30. The minimum Gasteiger partial charge on any atom is -0.480 e. The molecule has 0 aliphatic heterocycles. The molecule has 1 unspecified atom stereocenters. The number of benzene rings is 2. The SMILES string of the molecule is CCCCON(CCC1CCCCC1)Cc1ccc(C(=O)NC(CCS(C)(=O)=O)C(=O)O)c(-c2ccccc2C)c1. The number of nitrogens with one attached hydrogen (secondary N) is 1. The zero-order valence-electron chi connectivity index (χ0n) is 24.7. The summed E-state index contributed by atoms with van der Waals surface area (Å²) in [5.74, 6) is -1.42. The van der Waals surface area contributed by atoms with E-state index in [-0.39, 0.29) is 12.2 Å². The number of hydrogen-bond donors (Lipinski definition) is 2. The summed E-state index contributed by atoms with van der Waals surface area (Å²) in [6, 6.07) is 12.1. The van der Waals surface area contributed by atoms with Crippen LogP contribution >= 0.6 is 0 Å². The van der Waals surface area contributed by atoms with Gasteiger partial charge in [-0.15, -0.1) is 0 Å². The predicted molar refractivity (Wildman–Crippen MR) is 162 cm³/mol. The van der Waals surface area contributed by atoms with Crippen molar-refractivity contribution in [3.8, 4) is 11.1 Å². The first-order valence-corrected chi connectivity index (χ1v) is 16.9. The van der Waals surface area contributed by atoms with Gasteiger partial charge >= 0.3 is 5.97 Å². The molecule has 0 saturated heterocycles. The molecule has 41 heavy (non-hydrogen) atoms. The number of hydrogen-bond acceptors (Lipinski definition) is 6. The highest BCUT2D eigenvalue weighted by atomic mass is 32.2. The van der Waals surface area contributed by atoms with Gasteiger partial charge in [-0.2, -0.15) is 5.06 Å². The standard InChI is InChI=1S/C32H46N2O6S/c1-4-5-20-40-34(19-17-25-12-7-6-8-13-25)23-26-15-16-28(29(22-26)27-14-10-9-11-24(27)2)31(35)33-30(32(36)37)18-21-41(3,38)39/h9-11,14-16,22,25,30H,4-8,12-13,17-21,23H2,1-3H3,(H,33,35)(H,36,37). The fourth-order valence-electron chi connectivity index (χ4n) is 5.34. The van der Waals surface area contributed by atoms with E-state index >= 15 is 0 Å². The van der Waals surface area contributed by atoms with E-state index in [2.05, 4.69) is 12.2 Å². The molecule has 1 aliphatic rings. The Morgan fingerprint density at radius 2 is 1.83 bits per heavy atom. The summed E-state index contributed by atoms with van der Waals surface area (Å²) in [5, 5.41) is 14.2. The molecule has 0 heterocycles. The molecule has 1 saturated carbocycles. The third-order valence-electron chi connectivity index (χ3n) is 7.79. The van der Waals surface area contributed by atoms with Gasteiger partial charge < -0.3 is 10.4 Å². The molecule has 0 aromatic heterocycles. The van der Waals surface area contributed by atoms with Crippen molar-refractivity contribution >= 4 is 21.7 Å². The Balaban J connectivity index is 1.86. The summed E-state index contributed by atoms with van der Waals surface area (Å²) in [4.78, 5) is 31.4. The normalized spacial score (nSPS) is 15.1. The Hall–Kier alpha value is -2.75. The van der Waals surface area contributed by atoms with Crippen molar-refractivity contribution < 1.29 is 28.0 Å². The van der Waals surface area contributed by atoms with E-state index in [1.165, 1.54) is 32.1 Å². The molecule has 0 radical (unpaired) electrons. The molecule has 3 rings (SSSR count). The smallest absolute Gasteiger partial charge is 0.326 e. The number of unbranched alkanes of at least 4 members (excludes halogenated alkanes) is 1. The van der Waals surface area contributed by atoms with Gasteiger partial charge in [-0.25, -0.2) is 13.2 Å². The van der Waals surface area contributed by atoms with Gasteiger partial charge in [0.25, 0.3) is 5.91 Å². The van der Waals surface area contributed by atoms with Crippen LogP contribution in [0.1, 0.15) is 86.2 Å². The number of aliphatic carboxylic acids is 1. The molecule has 0 bridgehead atoms. The Bertz CT molecular complexity index is 1260. The average molecular weight is 587 g/mol. The molecule has 2 N–H and O–H groups in total. The zero-order valence-corrected chi connectivity index (χ0v) is 25.5. The van der Waals surface area contributed by atoms with Crippen molar-refractivity contribution in [1.29, 1.82) is 0 Å². The molecule has 2 aromatic rings. The van der Waals surface area contributed by atoms with Crippen LogP contribution in [0.2, 0.25) is 0 Å². The van der Waals surface area contributed by atoms with Crippen LogP contribution in [0.3, 0.4) is 0 Å². The van der Waals surface area contributed by atoms with Gasteiger partial charge in [0.2, 0.25) is 0 Å². The first-order valence-electron chi connectivity index (χ1n) is 14.9. The van der Waals surface area contributed by atoms with Gasteiger partial charge in [-0.05, 0) is 66.5 Å². The molecular weight excluding hydrogens is 540 g/mol. The highest BCUT2D eigenvalue weighted by Gasteiger charge is 2.25. The Morgan fingerprint density at radius 3 is 2.49 bits per heavy atom. The lowest BCUT2D eigenvalue weighted by Gasteiger charge is -2.27. The fraction of sp³-hybridized carbons (Fsp3) is 0.562. The van der Waals surface area contributed by atoms with E-state index in [0.29, 0.717) is 24.3 Å². The molecule has 9 heteroatoms. The second-order valence-corrected chi connectivity index (χ2v) is 13.6. The number of carbonyl (C=O) groups excluding carboxylic acids is 1. The van der Waals surface area contributed by atoms with Gasteiger partial charge in [0.1, 0.15) is 15.9 Å². The van der Waals surface area contributed by atoms with Crippen LogP contribution in [0, 0.1) is 12.8 Å². The quantitative estimate of drug-likeness (QED) is 0.189. The first-order chi connectivity index (χ1) is 19.6. The number of rotatable bonds is 16. The van der Waals surface area contributed by atoms with Crippen LogP contribution in [0.15, 0.2) is 42.5 Å². The number of carbonyl (C=O) groups is 2. The van der Waals surface area contributed by atoms with Crippen molar-refractivity contribution in [3.05, 3.63) is 59.2 Å². The first kappa shape index (κ1) is 32.8. The number of nitrogens with zero attached hydrogens (tertiary/aromatic N) is 1. The van der Waals surface area contributed by atoms with Crippen molar-refractivity contribution in [2.75, 3.05) is 25.2 Å². The van der Waals surface area contributed by atoms with Crippen LogP contribution in [0.4, 0.5) is 0 Å². The molecular formula is C32H46N2O6S. The Labute approximate surface area is 245 Å². The number of aryl methyl sites for hydroxylation is 1. The lowest BCUT2D eigenvalue weighted by molar-refractivity contribution is -0.169. The van der Waals surface area contributed by atoms with E-state index in [4.69, 9.17) is 4.84 Å². The molecule has 1 aliphatic carbocycles. The highest BCUT2D eigenvalue weighted by molar-refractivity contribution is 7.90. The summed E-state index contributed by atoms with van der Waals surface area (Å²) in [5.41, 5.74) is 3.90. The molecule has 0 spiro atoms. The second-order valence-electron chi connectivity index (χ2n) is 11.3. The van der Waals surface area contributed by atoms with Crippen LogP contribution < -0.4 is 5.32 Å². The Kier molecular flexibility index (Phi) is 12.8. The van der Waals surface area contributed by atoms with E-state index in [1.807, 2.05) is 48.4 Å². The summed E-state index contributed by atoms with van der Waals surface area (Å²) in [6.45, 7) is 6.20. The Morgan fingerprint density at radius 1 is 1.10 bits per heavy atom. The molecule has 226 valence electrons. The number of carboxylic acids is 1. The summed E-state index contributed by atoms with van der Waals surface area (Å²) >= 11 is 0. The summed E-state index contributed by atoms with van der Waals surface area (Å²) in [6.07, 6.45) is 10.5. The molecule has 8 nitrogen and oxygen atoms in total. The van der Waals surface area contributed by atoms with E-state index < -0.39 is 27.8 Å². The fourth-order valence-corrected chi connectivity index (χ4v) is 6.01. The van der Waals surface area contributed by atoms with Crippen molar-refractivity contribution in [2.24, 2.45) is 5.92 Å². The zero-order chi connectivity index (χ0) is 29.8. The van der Waals surface area contributed by atoms with E-state index in [0.717, 1.165) is 54.7 Å². The van der Waals surface area contributed by atoms with Crippen LogP contribution in [-0.2, 0) is 26.0 Å². The van der Waals surface area contributed by atoms with E-state index in [1.54, 1.807) is 6.07 Å². The number of carboxylic acid groups (broad SMARTS) is 1. The lowest BCUT2D eigenvalue weighted by atomic mass is 9.87. The van der Waals surface area contributed by atoms with Gasteiger partial charge in [0, 0.05) is 24.9 Å². The maximum Gasteiger partial charge on any atom is 0.326 e. The molecule has 1 atom stereocenters. The third-order valence-corrected chi connectivity index (χ3v) is 8.76. The van der Waals surface area contributed by atoms with Crippen LogP contribution in [-0.4, -0.2) is 61.7 Å². The molecule has 1 fully saturated rings. The minimum atomic E-state index is -3.38. The maximum atomic E-state index is 13.4. The largest absolute Gasteiger partial charge is 0.480 e. The number of sulfone groups is 1. The summed E-state index contributed by atoms with van der Waals surface area (Å²) < 4.78 is 23.2. The minimum absolute atomic E-state index is 0.206. The third kappa shape index (κ3) is 10.9. The van der Waals surface area contributed by atoms with Crippen LogP contribution in [0.5, 0.6) is 0 Å². The van der Waals surface area contributed by atoms with Gasteiger partial charge in [0.05, 0.1) is 12.4 Å². The van der Waals surface area contributed by atoms with Gasteiger partial charge in [0.15, 0.2) is 0 Å². The van der Waals surface area contributed by atoms with Crippen LogP contribution in [0.25, 0.3) is 11.1 Å². The maximum absolute atomic E-state index is 13.4. The van der Waals surface area contributed by atoms with Crippen molar-refractivity contribution in [2.45, 2.75) is 84.2 Å². The number of hydroxylamine groups is 2. The summed E-state index contributed by atoms with van der Waals surface area (Å²) in [7, 11) is -3.38. The van der Waals surface area contributed by atoms with Crippen molar-refractivity contribution in [3.63, 3.8) is 0 Å². The predicted octanol–water partition coefficient (Wildman–Crippen LogP) is 5.78. The topological polar surface area (TPSA) is 113 Å². The molecule has 1 amide bonds. The van der Waals surface area contributed by atoms with Crippen molar-refractivity contribution in [1.82, 2.24) is 10.4 Å². The second kappa shape index (κ2) is 16.0. The monoisotopic (exact) mass is 586 g/mol.